The zero-order valence-electron chi connectivity index (χ0n) is 16.2. The number of amides is 1. The van der Waals surface area contributed by atoms with Gasteiger partial charge in [0.15, 0.2) is 0 Å². The Bertz CT molecular complexity index is 861. The molecule has 2 fully saturated rings. The summed E-state index contributed by atoms with van der Waals surface area (Å²) in [4.78, 5) is 14.5. The highest BCUT2D eigenvalue weighted by molar-refractivity contribution is 5.69. The van der Waals surface area contributed by atoms with Gasteiger partial charge in [0, 0.05) is 24.5 Å². The topological polar surface area (TPSA) is 68.2 Å². The van der Waals surface area contributed by atoms with Gasteiger partial charge in [-0.1, -0.05) is 30.3 Å². The number of benzene rings is 2. The van der Waals surface area contributed by atoms with Gasteiger partial charge in [0.05, 0.1) is 38.0 Å². The van der Waals surface area contributed by atoms with E-state index in [0.29, 0.717) is 24.5 Å². The van der Waals surface area contributed by atoms with Crippen LogP contribution in [0.25, 0.3) is 0 Å². The lowest BCUT2D eigenvalue weighted by molar-refractivity contribution is -0.137. The van der Waals surface area contributed by atoms with Crippen molar-refractivity contribution < 1.29 is 28.5 Å². The molecule has 2 unspecified atom stereocenters. The minimum Gasteiger partial charge on any atom is -0.496 e. The molecule has 2 aromatic carbocycles. The van der Waals surface area contributed by atoms with Gasteiger partial charge in [-0.25, -0.2) is 9.18 Å². The van der Waals surface area contributed by atoms with Gasteiger partial charge in [0.2, 0.25) is 0 Å². The number of methoxy groups -OCH3 is 1. The van der Waals surface area contributed by atoms with E-state index in [1.807, 2.05) is 30.3 Å². The Kier molecular flexibility index (Phi) is 5.43. The third-order valence-corrected chi connectivity index (χ3v) is 5.63. The summed E-state index contributed by atoms with van der Waals surface area (Å²) in [5.74, 6) is -0.133. The molecule has 2 aromatic rings. The Morgan fingerprint density at radius 1 is 1.21 bits per heavy atom. The monoisotopic (exact) mass is 401 g/mol. The molecule has 4 rings (SSSR count). The molecule has 154 valence electrons. The van der Waals surface area contributed by atoms with Crippen LogP contribution in [0.4, 0.5) is 9.18 Å². The Labute approximate surface area is 168 Å². The van der Waals surface area contributed by atoms with Crippen molar-refractivity contribution >= 4 is 6.09 Å². The first kappa shape index (κ1) is 19.7. The van der Waals surface area contributed by atoms with Crippen molar-refractivity contribution in [2.75, 3.05) is 20.3 Å². The Hall–Kier alpha value is -2.64. The fourth-order valence-electron chi connectivity index (χ4n) is 4.34. The van der Waals surface area contributed by atoms with E-state index in [4.69, 9.17) is 14.2 Å². The molecule has 6 nitrogen and oxygen atoms in total. The molecule has 0 radical (unpaired) electrons. The highest BCUT2D eigenvalue weighted by atomic mass is 19.1. The van der Waals surface area contributed by atoms with E-state index in [1.54, 1.807) is 11.0 Å². The van der Waals surface area contributed by atoms with Gasteiger partial charge in [-0.3, -0.25) is 4.90 Å². The molecule has 1 N–H and O–H groups in total. The first-order valence-electron chi connectivity index (χ1n) is 9.63. The third-order valence-electron chi connectivity index (χ3n) is 5.63. The number of hydrogen-bond acceptors (Lipinski definition) is 5. The van der Waals surface area contributed by atoms with Gasteiger partial charge in [-0.2, -0.15) is 0 Å². The number of nitrogens with zero attached hydrogens (tertiary/aromatic N) is 1. The molecule has 0 spiro atoms. The fraction of sp³-hybridized carbons (Fsp3) is 0.409. The first-order valence-corrected chi connectivity index (χ1v) is 9.63. The van der Waals surface area contributed by atoms with E-state index in [9.17, 15) is 14.3 Å². The molecule has 2 heterocycles. The minimum atomic E-state index is -1.24. The van der Waals surface area contributed by atoms with E-state index in [-0.39, 0.29) is 31.5 Å². The fourth-order valence-corrected chi connectivity index (χ4v) is 4.34. The summed E-state index contributed by atoms with van der Waals surface area (Å²) in [7, 11) is 1.45. The van der Waals surface area contributed by atoms with Crippen LogP contribution in [-0.2, 0) is 21.7 Å². The van der Waals surface area contributed by atoms with Gasteiger partial charge in [-0.15, -0.1) is 0 Å². The molecular formula is C22H24FNO5. The summed E-state index contributed by atoms with van der Waals surface area (Å²) >= 11 is 0. The van der Waals surface area contributed by atoms with Crippen molar-refractivity contribution in [3.8, 4) is 5.75 Å². The second-order valence-electron chi connectivity index (χ2n) is 7.58. The van der Waals surface area contributed by atoms with Crippen molar-refractivity contribution in [3.05, 3.63) is 65.5 Å². The van der Waals surface area contributed by atoms with E-state index < -0.39 is 17.5 Å². The minimum absolute atomic E-state index is 0.187. The van der Waals surface area contributed by atoms with Crippen LogP contribution in [0.3, 0.4) is 0 Å². The van der Waals surface area contributed by atoms with Crippen LogP contribution in [0.15, 0.2) is 48.5 Å². The Morgan fingerprint density at radius 3 is 2.55 bits per heavy atom. The maximum absolute atomic E-state index is 13.6. The molecule has 0 aliphatic carbocycles. The Morgan fingerprint density at radius 2 is 1.90 bits per heavy atom. The number of piperidine rings is 1. The number of fused-ring (bicyclic) bond motifs is 2. The summed E-state index contributed by atoms with van der Waals surface area (Å²) in [5, 5.41) is 11.4. The van der Waals surface area contributed by atoms with E-state index >= 15 is 0 Å². The van der Waals surface area contributed by atoms with E-state index in [2.05, 4.69) is 0 Å². The number of halogens is 1. The maximum Gasteiger partial charge on any atom is 0.410 e. The van der Waals surface area contributed by atoms with Gasteiger partial charge in [0.25, 0.3) is 0 Å². The molecule has 0 saturated carbocycles. The van der Waals surface area contributed by atoms with E-state index in [1.165, 1.54) is 19.2 Å². The molecule has 2 aliphatic rings. The highest BCUT2D eigenvalue weighted by Gasteiger charge is 2.50. The standard InChI is InChI=1S/C22H24FNO5/c1-27-20-9-16(23)7-8-19(20)22(26)10-17-13-28-14-18(11-22)24(17)21(25)29-12-15-5-3-2-4-6-15/h2-9,17-18,26H,10-14H2,1H3. The van der Waals surface area contributed by atoms with Crippen molar-refractivity contribution in [2.24, 2.45) is 0 Å². The quantitative estimate of drug-likeness (QED) is 0.852. The summed E-state index contributed by atoms with van der Waals surface area (Å²) in [6.45, 7) is 0.804. The third kappa shape index (κ3) is 3.93. The molecule has 29 heavy (non-hydrogen) atoms. The molecule has 2 saturated heterocycles. The van der Waals surface area contributed by atoms with Crippen molar-refractivity contribution in [1.82, 2.24) is 4.90 Å². The number of hydrogen-bond donors (Lipinski definition) is 1. The van der Waals surface area contributed by atoms with Gasteiger partial charge >= 0.3 is 6.09 Å². The molecule has 0 aromatic heterocycles. The SMILES string of the molecule is COc1cc(F)ccc1C1(O)CC2COCC(C1)N2C(=O)OCc1ccccc1. The predicted molar refractivity (Wildman–Crippen MR) is 103 cm³/mol. The summed E-state index contributed by atoms with van der Waals surface area (Å²) in [5.41, 5.74) is 0.191. The van der Waals surface area contributed by atoms with Crippen LogP contribution in [-0.4, -0.2) is 48.5 Å². The molecule has 2 bridgehead atoms. The number of ether oxygens (including phenoxy) is 3. The average Bonchev–Trinajstić information content (AvgIpc) is 2.72. The predicted octanol–water partition coefficient (Wildman–Crippen LogP) is 3.22. The number of carbonyl (C=O) groups is 1. The summed E-state index contributed by atoms with van der Waals surface area (Å²) in [6, 6.07) is 12.9. The number of rotatable bonds is 4. The molecule has 7 heteroatoms. The molecular weight excluding hydrogens is 377 g/mol. The van der Waals surface area contributed by atoms with Crippen LogP contribution in [0.1, 0.15) is 24.0 Å². The second kappa shape index (κ2) is 8.00. The number of morpholine rings is 1. The summed E-state index contributed by atoms with van der Waals surface area (Å²) in [6.07, 6.45) is 0.0954. The van der Waals surface area contributed by atoms with Gasteiger partial charge < -0.3 is 19.3 Å². The summed E-state index contributed by atoms with van der Waals surface area (Å²) < 4.78 is 30.0. The van der Waals surface area contributed by atoms with Crippen LogP contribution in [0, 0.1) is 5.82 Å². The van der Waals surface area contributed by atoms with Crippen molar-refractivity contribution in [1.29, 1.82) is 0 Å². The van der Waals surface area contributed by atoms with Crippen molar-refractivity contribution in [3.63, 3.8) is 0 Å². The lowest BCUT2D eigenvalue weighted by atomic mass is 9.76. The molecule has 2 atom stereocenters. The van der Waals surface area contributed by atoms with Gasteiger partial charge in [-0.05, 0) is 17.7 Å². The van der Waals surface area contributed by atoms with Crippen LogP contribution < -0.4 is 4.74 Å². The van der Waals surface area contributed by atoms with Gasteiger partial charge in [0.1, 0.15) is 18.2 Å². The maximum atomic E-state index is 13.6. The van der Waals surface area contributed by atoms with Crippen LogP contribution in [0.5, 0.6) is 5.75 Å². The second-order valence-corrected chi connectivity index (χ2v) is 7.58. The molecule has 2 aliphatic heterocycles. The van der Waals surface area contributed by atoms with Crippen LogP contribution >= 0.6 is 0 Å². The number of carbonyl (C=O) groups excluding carboxylic acids is 1. The highest BCUT2D eigenvalue weighted by Crippen LogP contribution is 2.44. The number of aliphatic hydroxyl groups is 1. The lowest BCUT2D eigenvalue weighted by Gasteiger charge is -2.51. The zero-order chi connectivity index (χ0) is 20.4. The van der Waals surface area contributed by atoms with E-state index in [0.717, 1.165) is 5.56 Å². The molecule has 1 amide bonds. The zero-order valence-corrected chi connectivity index (χ0v) is 16.2. The largest absolute Gasteiger partial charge is 0.496 e. The van der Waals surface area contributed by atoms with Crippen molar-refractivity contribution in [2.45, 2.75) is 37.1 Å². The Balaban J connectivity index is 1.52. The normalized spacial score (nSPS) is 26.1. The van der Waals surface area contributed by atoms with Crippen LogP contribution in [0.2, 0.25) is 0 Å². The average molecular weight is 401 g/mol. The smallest absolute Gasteiger partial charge is 0.410 e. The first-order chi connectivity index (χ1) is 14.0. The lowest BCUT2D eigenvalue weighted by Crippen LogP contribution is -2.62.